The molecule has 124 valence electrons. The minimum Gasteiger partial charge on any atom is -0.493 e. The van der Waals surface area contributed by atoms with Crippen LogP contribution >= 0.6 is 0 Å². The van der Waals surface area contributed by atoms with Gasteiger partial charge in [0.15, 0.2) is 21.3 Å². The van der Waals surface area contributed by atoms with Gasteiger partial charge in [-0.05, 0) is 12.1 Å². The summed E-state index contributed by atoms with van der Waals surface area (Å²) in [5, 5.41) is 1.20. The van der Waals surface area contributed by atoms with Crippen molar-refractivity contribution in [2.24, 2.45) is 5.92 Å². The monoisotopic (exact) mass is 337 g/mol. The van der Waals surface area contributed by atoms with Gasteiger partial charge in [-0.15, -0.1) is 0 Å². The van der Waals surface area contributed by atoms with Crippen molar-refractivity contribution in [3.05, 3.63) is 35.7 Å². The lowest BCUT2D eigenvalue weighted by Gasteiger charge is -2.39. The second-order valence-electron chi connectivity index (χ2n) is 5.81. The number of hydrogen-bond donors (Lipinski definition) is 0. The molecule has 0 N–H and O–H groups in total. The number of rotatable bonds is 5. The van der Waals surface area contributed by atoms with Gasteiger partial charge in [0, 0.05) is 17.7 Å². The van der Waals surface area contributed by atoms with Crippen LogP contribution in [0.3, 0.4) is 0 Å². The van der Waals surface area contributed by atoms with Crippen LogP contribution in [0.15, 0.2) is 35.7 Å². The van der Waals surface area contributed by atoms with Gasteiger partial charge in [-0.2, -0.15) is 0 Å². The predicted molar refractivity (Wildman–Crippen MR) is 85.0 cm³/mol. The lowest BCUT2D eigenvalue weighted by Crippen LogP contribution is -2.56. The number of carbonyl (C=O) groups is 1. The molecule has 1 fully saturated rings. The Morgan fingerprint density at radius 1 is 1.26 bits per heavy atom. The zero-order valence-corrected chi connectivity index (χ0v) is 13.7. The molecule has 0 spiro atoms. The first-order valence-corrected chi connectivity index (χ1v) is 9.17. The Morgan fingerprint density at radius 2 is 1.96 bits per heavy atom. The second-order valence-corrected chi connectivity index (χ2v) is 7.74. The summed E-state index contributed by atoms with van der Waals surface area (Å²) in [6.45, 7) is 1.03. The van der Waals surface area contributed by atoms with E-state index in [1.807, 2.05) is 24.3 Å². The summed E-state index contributed by atoms with van der Waals surface area (Å²) in [7, 11) is -1.52. The Hall–Kier alpha value is -2.02. The molecule has 0 unspecified atom stereocenters. The van der Waals surface area contributed by atoms with E-state index in [0.29, 0.717) is 24.6 Å². The zero-order chi connectivity index (χ0) is 16.4. The topological polar surface area (TPSA) is 72.9 Å². The highest BCUT2D eigenvalue weighted by atomic mass is 32.2. The predicted octanol–water partition coefficient (Wildman–Crippen LogP) is 1.23. The maximum Gasteiger partial charge on any atom is 0.223 e. The summed E-state index contributed by atoms with van der Waals surface area (Å²) in [5.74, 6) is 1.13. The van der Waals surface area contributed by atoms with Gasteiger partial charge in [-0.3, -0.25) is 4.79 Å². The molecule has 2 heterocycles. The maximum absolute atomic E-state index is 12.1. The average Bonchev–Trinajstić information content (AvgIpc) is 2.81. The number of likely N-dealkylation sites (tertiary alicyclic amines) is 1. The Balaban J connectivity index is 1.47. The fraction of sp³-hybridized carbons (Fsp3) is 0.438. The van der Waals surface area contributed by atoms with Crippen molar-refractivity contribution in [2.75, 3.05) is 26.0 Å². The van der Waals surface area contributed by atoms with Crippen LogP contribution in [-0.2, 0) is 14.6 Å². The van der Waals surface area contributed by atoms with Crippen molar-refractivity contribution < 1.29 is 22.7 Å². The third kappa shape index (κ3) is 3.67. The quantitative estimate of drug-likeness (QED) is 0.808. The molecule has 2 aliphatic rings. The number of hydrogen-bond acceptors (Lipinski definition) is 5. The van der Waals surface area contributed by atoms with Gasteiger partial charge in [0.05, 0.1) is 26.0 Å². The van der Waals surface area contributed by atoms with E-state index in [4.69, 9.17) is 9.47 Å². The van der Waals surface area contributed by atoms with E-state index in [1.165, 1.54) is 5.41 Å². The number of benzene rings is 1. The van der Waals surface area contributed by atoms with Gasteiger partial charge in [-0.1, -0.05) is 18.2 Å². The highest BCUT2D eigenvalue weighted by Crippen LogP contribution is 2.29. The molecule has 6 nitrogen and oxygen atoms in total. The van der Waals surface area contributed by atoms with Crippen LogP contribution in [0.5, 0.6) is 11.5 Å². The number of para-hydroxylation sites is 2. The lowest BCUT2D eigenvalue weighted by atomic mass is 10.0. The molecule has 0 saturated carbocycles. The molecule has 0 aromatic heterocycles. The van der Waals surface area contributed by atoms with Crippen LogP contribution in [0, 0.1) is 5.92 Å². The lowest BCUT2D eigenvalue weighted by molar-refractivity contribution is -0.140. The van der Waals surface area contributed by atoms with Crippen molar-refractivity contribution in [1.29, 1.82) is 0 Å². The molecule has 1 amide bonds. The largest absolute Gasteiger partial charge is 0.493 e. The molecule has 3 rings (SSSR count). The van der Waals surface area contributed by atoms with Gasteiger partial charge in [0.25, 0.3) is 0 Å². The Labute approximate surface area is 135 Å². The Bertz CT molecular complexity index is 722. The average molecular weight is 337 g/mol. The summed E-state index contributed by atoms with van der Waals surface area (Å²) in [6.07, 6.45) is 1.78. The normalized spacial score (nSPS) is 22.7. The zero-order valence-electron chi connectivity index (χ0n) is 12.8. The van der Waals surface area contributed by atoms with Crippen LogP contribution in [0.25, 0.3) is 0 Å². The van der Waals surface area contributed by atoms with E-state index >= 15 is 0 Å². The maximum atomic E-state index is 12.1. The summed E-state index contributed by atoms with van der Waals surface area (Å²) >= 11 is 0. The van der Waals surface area contributed by atoms with E-state index in [0.717, 1.165) is 0 Å². The van der Waals surface area contributed by atoms with Crippen LogP contribution < -0.4 is 9.47 Å². The van der Waals surface area contributed by atoms with Crippen molar-refractivity contribution >= 4 is 15.7 Å². The Morgan fingerprint density at radius 3 is 2.57 bits per heavy atom. The van der Waals surface area contributed by atoms with E-state index in [9.17, 15) is 13.2 Å². The molecular formula is C16H19NO5S. The molecule has 0 bridgehead atoms. The highest BCUT2D eigenvalue weighted by molar-refractivity contribution is 7.94. The van der Waals surface area contributed by atoms with Crippen molar-refractivity contribution in [2.45, 2.75) is 12.5 Å². The van der Waals surface area contributed by atoms with Gasteiger partial charge in [-0.25, -0.2) is 8.42 Å². The van der Waals surface area contributed by atoms with E-state index in [1.54, 1.807) is 18.1 Å². The number of ether oxygens (including phenoxy) is 2. The number of methoxy groups -OCH3 is 1. The number of sulfone groups is 1. The molecule has 1 aromatic rings. The minimum absolute atomic E-state index is 0.0309. The molecule has 1 saturated heterocycles. The molecule has 1 atom stereocenters. The standard InChI is InChI=1S/C16H19NO5S/c1-21-14-4-2-3-5-15(14)22-13-9-17(10-13)16(18)8-12-6-7-23(19,20)11-12/h2-7,12-13H,8-11H2,1H3/t12-/m0/s1. The number of allylic oxidation sites excluding steroid dienone is 1. The van der Waals surface area contributed by atoms with Crippen LogP contribution in [0.1, 0.15) is 6.42 Å². The fourth-order valence-corrected chi connectivity index (χ4v) is 4.13. The van der Waals surface area contributed by atoms with E-state index in [-0.39, 0.29) is 30.1 Å². The fourth-order valence-electron chi connectivity index (χ4n) is 2.73. The first-order valence-electron chi connectivity index (χ1n) is 7.45. The third-order valence-corrected chi connectivity index (χ3v) is 5.47. The van der Waals surface area contributed by atoms with Gasteiger partial charge in [0.2, 0.25) is 5.91 Å². The summed E-state index contributed by atoms with van der Waals surface area (Å²) in [5.41, 5.74) is 0. The van der Waals surface area contributed by atoms with Gasteiger partial charge >= 0.3 is 0 Å². The molecule has 2 aliphatic heterocycles. The number of nitrogens with zero attached hydrogens (tertiary/aromatic N) is 1. The molecule has 0 aliphatic carbocycles. The minimum atomic E-state index is -3.10. The van der Waals surface area contributed by atoms with Crippen LogP contribution in [0.4, 0.5) is 0 Å². The van der Waals surface area contributed by atoms with Crippen molar-refractivity contribution in [1.82, 2.24) is 4.90 Å². The van der Waals surface area contributed by atoms with Crippen LogP contribution in [0.2, 0.25) is 0 Å². The SMILES string of the molecule is COc1ccccc1OC1CN(C(=O)C[C@@H]2C=CS(=O)(=O)C2)C1. The van der Waals surface area contributed by atoms with Crippen molar-refractivity contribution in [3.63, 3.8) is 0 Å². The number of amides is 1. The van der Waals surface area contributed by atoms with E-state index in [2.05, 4.69) is 0 Å². The van der Waals surface area contributed by atoms with Gasteiger partial charge < -0.3 is 14.4 Å². The summed E-state index contributed by atoms with van der Waals surface area (Å²) < 4.78 is 33.8. The molecule has 7 heteroatoms. The van der Waals surface area contributed by atoms with Gasteiger partial charge in [0.1, 0.15) is 6.10 Å². The highest BCUT2D eigenvalue weighted by Gasteiger charge is 2.34. The molecule has 23 heavy (non-hydrogen) atoms. The summed E-state index contributed by atoms with van der Waals surface area (Å²) in [6, 6.07) is 7.39. The van der Waals surface area contributed by atoms with Crippen molar-refractivity contribution in [3.8, 4) is 11.5 Å². The van der Waals surface area contributed by atoms with Crippen LogP contribution in [-0.4, -0.2) is 51.3 Å². The van der Waals surface area contributed by atoms with E-state index < -0.39 is 9.84 Å². The third-order valence-electron chi connectivity index (χ3n) is 4.00. The number of carbonyl (C=O) groups excluding carboxylic acids is 1. The molecular weight excluding hydrogens is 318 g/mol. The summed E-state index contributed by atoms with van der Waals surface area (Å²) in [4.78, 5) is 13.8. The first-order chi connectivity index (χ1) is 11.0. The second kappa shape index (κ2) is 6.23. The Kier molecular flexibility index (Phi) is 4.30. The molecule has 1 aromatic carbocycles. The first kappa shape index (κ1) is 15.9. The smallest absolute Gasteiger partial charge is 0.223 e. The molecule has 0 radical (unpaired) electrons.